The lowest BCUT2D eigenvalue weighted by Gasteiger charge is -2.19. The highest BCUT2D eigenvalue weighted by Crippen LogP contribution is 2.24. The second-order valence-electron chi connectivity index (χ2n) is 7.81. The van der Waals surface area contributed by atoms with Crippen LogP contribution in [0.3, 0.4) is 0 Å². The Balaban J connectivity index is 1.51. The van der Waals surface area contributed by atoms with E-state index < -0.39 is 0 Å². The van der Waals surface area contributed by atoms with Crippen LogP contribution in [0.5, 0.6) is 5.75 Å². The van der Waals surface area contributed by atoms with E-state index in [1.54, 1.807) is 18.2 Å². The minimum absolute atomic E-state index is 0.0908. The second-order valence-corrected chi connectivity index (χ2v) is 8.25. The average Bonchev–Trinajstić information content (AvgIpc) is 2.67. The van der Waals surface area contributed by atoms with E-state index in [1.807, 2.05) is 24.3 Å². The first-order chi connectivity index (χ1) is 13.7. The van der Waals surface area contributed by atoms with Gasteiger partial charge in [0.05, 0.1) is 23.8 Å². The summed E-state index contributed by atoms with van der Waals surface area (Å²) in [4.78, 5) is 28.8. The van der Waals surface area contributed by atoms with Crippen LogP contribution in [-0.2, 0) is 16.8 Å². The molecule has 3 rings (SSSR count). The van der Waals surface area contributed by atoms with Crippen molar-refractivity contribution in [1.82, 2.24) is 14.9 Å². The maximum atomic E-state index is 12.5. The van der Waals surface area contributed by atoms with E-state index in [0.29, 0.717) is 29.1 Å². The smallest absolute Gasteiger partial charge is 0.261 e. The number of hydrogen-bond acceptors (Lipinski definition) is 4. The summed E-state index contributed by atoms with van der Waals surface area (Å²) in [5.41, 5.74) is 1.56. The lowest BCUT2D eigenvalue weighted by molar-refractivity contribution is -0.121. The molecule has 0 saturated heterocycles. The summed E-state index contributed by atoms with van der Waals surface area (Å²) in [6.45, 7) is 7.02. The first-order valence-corrected chi connectivity index (χ1v) is 9.76. The summed E-state index contributed by atoms with van der Waals surface area (Å²) in [6.07, 6.45) is 1.37. The van der Waals surface area contributed by atoms with Crippen molar-refractivity contribution in [2.45, 2.75) is 32.7 Å². The largest absolute Gasteiger partial charge is 0.492 e. The van der Waals surface area contributed by atoms with Crippen LogP contribution in [0.15, 0.2) is 53.6 Å². The van der Waals surface area contributed by atoms with Crippen molar-refractivity contribution in [3.05, 3.63) is 69.7 Å². The van der Waals surface area contributed by atoms with Crippen molar-refractivity contribution in [3.8, 4) is 5.75 Å². The number of nitrogens with zero attached hydrogens (tertiary/aromatic N) is 2. The van der Waals surface area contributed by atoms with E-state index in [1.165, 1.54) is 16.5 Å². The van der Waals surface area contributed by atoms with E-state index in [9.17, 15) is 9.59 Å². The molecule has 7 heteroatoms. The third-order valence-corrected chi connectivity index (χ3v) is 4.75. The van der Waals surface area contributed by atoms with Gasteiger partial charge in [-0.2, -0.15) is 0 Å². The van der Waals surface area contributed by atoms with Crippen molar-refractivity contribution >= 4 is 28.4 Å². The lowest BCUT2D eigenvalue weighted by Crippen LogP contribution is -2.34. The molecule has 0 aliphatic rings. The standard InChI is InChI=1S/C22H24ClN3O3/c1-22(2,3)15-4-7-17(8-5-15)29-11-10-24-20(27)13-26-14-25-19-9-6-16(23)12-18(19)21(26)28/h4-9,12,14H,10-11,13H2,1-3H3,(H,24,27). The Kier molecular flexibility index (Phi) is 6.23. The van der Waals surface area contributed by atoms with Crippen molar-refractivity contribution in [2.75, 3.05) is 13.2 Å². The maximum Gasteiger partial charge on any atom is 0.261 e. The zero-order valence-electron chi connectivity index (χ0n) is 16.7. The quantitative estimate of drug-likeness (QED) is 0.627. The van der Waals surface area contributed by atoms with Gasteiger partial charge in [0.25, 0.3) is 5.56 Å². The minimum Gasteiger partial charge on any atom is -0.492 e. The highest BCUT2D eigenvalue weighted by Gasteiger charge is 2.13. The van der Waals surface area contributed by atoms with Crippen LogP contribution in [-0.4, -0.2) is 28.6 Å². The number of hydrogen-bond donors (Lipinski definition) is 1. The van der Waals surface area contributed by atoms with Crippen molar-refractivity contribution in [3.63, 3.8) is 0 Å². The van der Waals surface area contributed by atoms with Gasteiger partial charge in [0, 0.05) is 5.02 Å². The molecule has 0 unspecified atom stereocenters. The van der Waals surface area contributed by atoms with Gasteiger partial charge in [0.15, 0.2) is 0 Å². The van der Waals surface area contributed by atoms with Crippen molar-refractivity contribution in [1.29, 1.82) is 0 Å². The lowest BCUT2D eigenvalue weighted by atomic mass is 9.87. The summed E-state index contributed by atoms with van der Waals surface area (Å²) in [6, 6.07) is 12.8. The number of amides is 1. The summed E-state index contributed by atoms with van der Waals surface area (Å²) >= 11 is 5.95. The number of carbonyl (C=O) groups excluding carboxylic acids is 1. The van der Waals surface area contributed by atoms with E-state index in [4.69, 9.17) is 16.3 Å². The van der Waals surface area contributed by atoms with Gasteiger partial charge in [-0.3, -0.25) is 14.2 Å². The molecule has 152 valence electrons. The van der Waals surface area contributed by atoms with Crippen LogP contribution in [0.4, 0.5) is 0 Å². The molecule has 0 aliphatic heterocycles. The number of ether oxygens (including phenoxy) is 1. The molecule has 0 bridgehead atoms. The monoisotopic (exact) mass is 413 g/mol. The normalized spacial score (nSPS) is 11.4. The molecule has 1 amide bonds. The molecule has 0 fully saturated rings. The molecule has 1 heterocycles. The third kappa shape index (κ3) is 5.35. The van der Waals surface area contributed by atoms with Crippen LogP contribution in [0.25, 0.3) is 10.9 Å². The van der Waals surface area contributed by atoms with Crippen LogP contribution in [0, 0.1) is 0 Å². The number of benzene rings is 2. The van der Waals surface area contributed by atoms with Crippen LogP contribution in [0.1, 0.15) is 26.3 Å². The number of nitrogens with one attached hydrogen (secondary N) is 1. The Morgan fingerprint density at radius 1 is 1.17 bits per heavy atom. The number of aromatic nitrogens is 2. The van der Waals surface area contributed by atoms with Gasteiger partial charge in [-0.1, -0.05) is 44.5 Å². The molecule has 0 radical (unpaired) electrons. The highest BCUT2D eigenvalue weighted by molar-refractivity contribution is 6.31. The molecule has 0 spiro atoms. The van der Waals surface area contributed by atoms with Gasteiger partial charge in [-0.25, -0.2) is 4.98 Å². The molecular formula is C22H24ClN3O3. The number of halogens is 1. The van der Waals surface area contributed by atoms with E-state index in [0.717, 1.165) is 5.75 Å². The Labute approximate surface area is 174 Å². The molecule has 29 heavy (non-hydrogen) atoms. The fourth-order valence-corrected chi connectivity index (χ4v) is 3.04. The third-order valence-electron chi connectivity index (χ3n) is 4.51. The highest BCUT2D eigenvalue weighted by atomic mass is 35.5. The first-order valence-electron chi connectivity index (χ1n) is 9.39. The van der Waals surface area contributed by atoms with E-state index >= 15 is 0 Å². The number of rotatable bonds is 6. The van der Waals surface area contributed by atoms with Gasteiger partial charge >= 0.3 is 0 Å². The summed E-state index contributed by atoms with van der Waals surface area (Å²) < 4.78 is 6.92. The fourth-order valence-electron chi connectivity index (χ4n) is 2.86. The Hall–Kier alpha value is -2.86. The van der Waals surface area contributed by atoms with E-state index in [-0.39, 0.29) is 23.4 Å². The van der Waals surface area contributed by atoms with Gasteiger partial charge in [0.2, 0.25) is 5.91 Å². The van der Waals surface area contributed by atoms with Crippen LogP contribution >= 0.6 is 11.6 Å². The zero-order valence-corrected chi connectivity index (χ0v) is 17.5. The topological polar surface area (TPSA) is 73.2 Å². The van der Waals surface area contributed by atoms with E-state index in [2.05, 4.69) is 31.1 Å². The van der Waals surface area contributed by atoms with Crippen LogP contribution < -0.4 is 15.6 Å². The number of fused-ring (bicyclic) bond motifs is 1. The van der Waals surface area contributed by atoms with Gasteiger partial charge in [-0.15, -0.1) is 0 Å². The van der Waals surface area contributed by atoms with Crippen LogP contribution in [0.2, 0.25) is 5.02 Å². The predicted molar refractivity (Wildman–Crippen MR) is 115 cm³/mol. The molecule has 0 atom stereocenters. The summed E-state index contributed by atoms with van der Waals surface area (Å²) in [5, 5.41) is 3.58. The Morgan fingerprint density at radius 2 is 1.90 bits per heavy atom. The molecule has 1 N–H and O–H groups in total. The molecule has 2 aromatic carbocycles. The van der Waals surface area contributed by atoms with Crippen molar-refractivity contribution in [2.24, 2.45) is 0 Å². The van der Waals surface area contributed by atoms with Crippen molar-refractivity contribution < 1.29 is 9.53 Å². The summed E-state index contributed by atoms with van der Waals surface area (Å²) in [7, 11) is 0. The zero-order chi connectivity index (χ0) is 21.0. The van der Waals surface area contributed by atoms with Gasteiger partial charge < -0.3 is 10.1 Å². The predicted octanol–water partition coefficient (Wildman–Crippen LogP) is 3.54. The molecule has 0 aliphatic carbocycles. The Bertz CT molecular complexity index is 1070. The molecular weight excluding hydrogens is 390 g/mol. The minimum atomic E-state index is -0.303. The fraction of sp³-hybridized carbons (Fsp3) is 0.318. The molecule has 1 aromatic heterocycles. The molecule has 0 saturated carbocycles. The molecule has 3 aromatic rings. The Morgan fingerprint density at radius 3 is 2.59 bits per heavy atom. The molecule has 6 nitrogen and oxygen atoms in total. The SMILES string of the molecule is CC(C)(C)c1ccc(OCCNC(=O)Cn2cnc3ccc(Cl)cc3c2=O)cc1. The first kappa shape index (κ1) is 20.9. The summed E-state index contributed by atoms with van der Waals surface area (Å²) in [5.74, 6) is 0.459. The maximum absolute atomic E-state index is 12.5. The second kappa shape index (κ2) is 8.66. The number of carbonyl (C=O) groups is 1. The van der Waals surface area contributed by atoms with Gasteiger partial charge in [-0.05, 0) is 41.3 Å². The average molecular weight is 414 g/mol. The van der Waals surface area contributed by atoms with Gasteiger partial charge in [0.1, 0.15) is 18.9 Å².